The molecule has 70 valence electrons. The van der Waals surface area contributed by atoms with Gasteiger partial charge in [-0.1, -0.05) is 13.3 Å². The van der Waals surface area contributed by atoms with E-state index in [9.17, 15) is 4.57 Å². The number of rotatable bonds is 3. The number of nitrogens with two attached hydrogens (primary N) is 2. The first-order chi connectivity index (χ1) is 4.97. The second-order valence-electron chi connectivity index (χ2n) is 2.38. The molecule has 0 heterocycles. The van der Waals surface area contributed by atoms with E-state index in [0.29, 0.717) is 0 Å². The molecule has 5 N–H and O–H groups in total. The SMILES string of the molecule is CCCCN.CP(=O)(O)CN. The van der Waals surface area contributed by atoms with Gasteiger partial charge >= 0.3 is 0 Å². The Hall–Kier alpha value is 0.110. The van der Waals surface area contributed by atoms with Gasteiger partial charge in [0.05, 0.1) is 6.29 Å². The summed E-state index contributed by atoms with van der Waals surface area (Å²) in [5.74, 6) is 0. The van der Waals surface area contributed by atoms with Crippen LogP contribution in [0, 0.1) is 0 Å². The van der Waals surface area contributed by atoms with Gasteiger partial charge in [-0.3, -0.25) is 4.57 Å². The molecule has 0 spiro atoms. The van der Waals surface area contributed by atoms with Crippen LogP contribution in [0.3, 0.4) is 0 Å². The van der Waals surface area contributed by atoms with E-state index >= 15 is 0 Å². The van der Waals surface area contributed by atoms with E-state index in [4.69, 9.17) is 16.4 Å². The summed E-state index contributed by atoms with van der Waals surface area (Å²) in [7, 11) is -2.87. The molecule has 4 nitrogen and oxygen atoms in total. The molecule has 11 heavy (non-hydrogen) atoms. The van der Waals surface area contributed by atoms with E-state index in [1.54, 1.807) is 0 Å². The second-order valence-corrected chi connectivity index (χ2v) is 4.84. The predicted octanol–water partition coefficient (Wildman–Crippen LogP) is 0.548. The average Bonchev–Trinajstić information content (AvgIpc) is 1.90. The van der Waals surface area contributed by atoms with E-state index in [1.165, 1.54) is 19.5 Å². The summed E-state index contributed by atoms with van der Waals surface area (Å²) < 4.78 is 10.0. The van der Waals surface area contributed by atoms with Crippen molar-refractivity contribution in [3.8, 4) is 0 Å². The molecule has 0 aromatic carbocycles. The van der Waals surface area contributed by atoms with Gasteiger partial charge in [0, 0.05) is 6.66 Å². The maximum atomic E-state index is 10.0. The quantitative estimate of drug-likeness (QED) is 0.556. The highest BCUT2D eigenvalue weighted by Gasteiger charge is 2.01. The lowest BCUT2D eigenvalue weighted by atomic mass is 10.3. The zero-order valence-electron chi connectivity index (χ0n) is 7.29. The molecule has 0 aromatic rings. The summed E-state index contributed by atoms with van der Waals surface area (Å²) in [5, 5.41) is 0. The Morgan fingerprint density at radius 3 is 1.82 bits per heavy atom. The van der Waals surface area contributed by atoms with Crippen molar-refractivity contribution in [1.82, 2.24) is 0 Å². The number of unbranched alkanes of at least 4 members (excludes halogenated alkanes) is 1. The van der Waals surface area contributed by atoms with Crippen molar-refractivity contribution < 1.29 is 9.46 Å². The maximum absolute atomic E-state index is 10.0. The number of hydrogen-bond donors (Lipinski definition) is 3. The summed E-state index contributed by atoms with van der Waals surface area (Å²) in [6.45, 7) is 4.20. The van der Waals surface area contributed by atoms with Gasteiger partial charge in [-0.25, -0.2) is 0 Å². The average molecular weight is 182 g/mol. The first-order valence-electron chi connectivity index (χ1n) is 3.67. The molecule has 1 atom stereocenters. The molecule has 5 heteroatoms. The van der Waals surface area contributed by atoms with Crippen LogP contribution >= 0.6 is 7.37 Å². The summed E-state index contributed by atoms with van der Waals surface area (Å²) >= 11 is 0. The molecule has 0 aromatic heterocycles. The minimum atomic E-state index is -2.87. The third-order valence-corrected chi connectivity index (χ3v) is 1.57. The second kappa shape index (κ2) is 8.21. The molecule has 0 bridgehead atoms. The Balaban J connectivity index is 0. The van der Waals surface area contributed by atoms with Crippen molar-refractivity contribution >= 4 is 7.37 Å². The van der Waals surface area contributed by atoms with E-state index < -0.39 is 7.37 Å². The van der Waals surface area contributed by atoms with Gasteiger partial charge in [-0.15, -0.1) is 0 Å². The van der Waals surface area contributed by atoms with Crippen molar-refractivity contribution in [2.75, 3.05) is 19.5 Å². The predicted molar refractivity (Wildman–Crippen MR) is 48.8 cm³/mol. The molecule has 0 saturated carbocycles. The third kappa shape index (κ3) is 25.5. The third-order valence-electron chi connectivity index (χ3n) is 0.896. The summed E-state index contributed by atoms with van der Waals surface area (Å²) in [6, 6.07) is 0. The molecule has 0 saturated heterocycles. The van der Waals surface area contributed by atoms with Crippen LogP contribution in [0.2, 0.25) is 0 Å². The van der Waals surface area contributed by atoms with Crippen LogP contribution in [0.5, 0.6) is 0 Å². The summed E-state index contributed by atoms with van der Waals surface area (Å²) in [6.07, 6.45) is 2.27. The van der Waals surface area contributed by atoms with Crippen LogP contribution in [0.15, 0.2) is 0 Å². The van der Waals surface area contributed by atoms with Gasteiger partial charge in [0.15, 0.2) is 0 Å². The summed E-state index contributed by atoms with van der Waals surface area (Å²) in [5.41, 5.74) is 9.93. The molecule has 0 aliphatic heterocycles. The molecular weight excluding hydrogens is 163 g/mol. The lowest BCUT2D eigenvalue weighted by Crippen LogP contribution is -1.97. The van der Waals surface area contributed by atoms with Crippen molar-refractivity contribution in [2.45, 2.75) is 19.8 Å². The maximum Gasteiger partial charge on any atom is 0.210 e. The molecule has 0 fully saturated rings. The Bertz CT molecular complexity index is 111. The van der Waals surface area contributed by atoms with Gasteiger partial charge < -0.3 is 16.4 Å². The first kappa shape index (κ1) is 13.7. The van der Waals surface area contributed by atoms with E-state index in [2.05, 4.69) is 6.92 Å². The Morgan fingerprint density at radius 2 is 1.82 bits per heavy atom. The van der Waals surface area contributed by atoms with Gasteiger partial charge in [0.1, 0.15) is 0 Å². The van der Waals surface area contributed by atoms with Gasteiger partial charge in [0.25, 0.3) is 0 Å². The fourth-order valence-electron chi connectivity index (χ4n) is 0.204. The molecule has 0 radical (unpaired) electrons. The fraction of sp³-hybridized carbons (Fsp3) is 1.00. The van der Waals surface area contributed by atoms with Gasteiger partial charge in [-0.2, -0.15) is 0 Å². The molecule has 0 amide bonds. The van der Waals surface area contributed by atoms with Crippen LogP contribution < -0.4 is 11.5 Å². The highest BCUT2D eigenvalue weighted by molar-refractivity contribution is 7.57. The zero-order valence-corrected chi connectivity index (χ0v) is 8.18. The van der Waals surface area contributed by atoms with Crippen molar-refractivity contribution in [1.29, 1.82) is 0 Å². The normalized spacial score (nSPS) is 14.6. The van der Waals surface area contributed by atoms with E-state index in [1.807, 2.05) is 0 Å². The van der Waals surface area contributed by atoms with E-state index in [0.717, 1.165) is 6.54 Å². The van der Waals surface area contributed by atoms with Gasteiger partial charge in [0.2, 0.25) is 7.37 Å². The Labute approximate surface area is 68.4 Å². The molecule has 1 unspecified atom stereocenters. The standard InChI is InChI=1S/C4H11N.C2H8NO2P/c1-2-3-4-5;1-6(4,5)2-3/h2-5H2,1H3;2-3H2,1H3,(H,4,5). The smallest absolute Gasteiger partial charge is 0.210 e. The highest BCUT2D eigenvalue weighted by Crippen LogP contribution is 2.31. The van der Waals surface area contributed by atoms with Crippen LogP contribution in [0.4, 0.5) is 0 Å². The first-order valence-corrected chi connectivity index (χ1v) is 5.96. The topological polar surface area (TPSA) is 89.3 Å². The van der Waals surface area contributed by atoms with Crippen molar-refractivity contribution in [2.24, 2.45) is 11.5 Å². The lowest BCUT2D eigenvalue weighted by molar-refractivity contribution is 0.485. The minimum absolute atomic E-state index is 0.118. The molecule has 0 aliphatic carbocycles. The zero-order chi connectivity index (χ0) is 9.33. The Kier molecular flexibility index (Phi) is 10.2. The largest absolute Gasteiger partial charge is 0.344 e. The summed E-state index contributed by atoms with van der Waals surface area (Å²) in [4.78, 5) is 8.26. The van der Waals surface area contributed by atoms with Crippen LogP contribution in [0.25, 0.3) is 0 Å². The molecule has 0 rings (SSSR count). The van der Waals surface area contributed by atoms with Crippen LogP contribution in [0.1, 0.15) is 19.8 Å². The monoisotopic (exact) mass is 182 g/mol. The fourth-order valence-corrected chi connectivity index (χ4v) is 0.204. The van der Waals surface area contributed by atoms with E-state index in [-0.39, 0.29) is 6.29 Å². The van der Waals surface area contributed by atoms with Crippen molar-refractivity contribution in [3.05, 3.63) is 0 Å². The van der Waals surface area contributed by atoms with Crippen molar-refractivity contribution in [3.63, 3.8) is 0 Å². The number of hydrogen-bond acceptors (Lipinski definition) is 3. The van der Waals surface area contributed by atoms with Crippen LogP contribution in [-0.4, -0.2) is 24.4 Å². The lowest BCUT2D eigenvalue weighted by Gasteiger charge is -1.94. The van der Waals surface area contributed by atoms with Gasteiger partial charge in [-0.05, 0) is 13.0 Å². The Morgan fingerprint density at radius 1 is 1.45 bits per heavy atom. The molecular formula is C6H19N2O2P. The highest BCUT2D eigenvalue weighted by atomic mass is 31.2. The minimum Gasteiger partial charge on any atom is -0.344 e. The molecule has 0 aliphatic rings. The van der Waals surface area contributed by atoms with Crippen LogP contribution in [-0.2, 0) is 4.57 Å².